The lowest BCUT2D eigenvalue weighted by Gasteiger charge is -2.37. The van der Waals surface area contributed by atoms with E-state index in [2.05, 4.69) is 12.2 Å². The first kappa shape index (κ1) is 16.7. The maximum absolute atomic E-state index is 12.9. The number of benzene rings is 1. The Morgan fingerprint density at radius 2 is 1.56 bits per heavy atom. The van der Waals surface area contributed by atoms with Crippen molar-refractivity contribution >= 4 is 17.8 Å². The van der Waals surface area contributed by atoms with Crippen LogP contribution >= 0.6 is 0 Å². The van der Waals surface area contributed by atoms with Gasteiger partial charge in [0.15, 0.2) is 0 Å². The normalized spacial score (nSPS) is 35.3. The Morgan fingerprint density at radius 1 is 1.00 bits per heavy atom. The monoisotopic (exact) mass is 365 g/mol. The van der Waals surface area contributed by atoms with Crippen molar-refractivity contribution in [3.63, 3.8) is 0 Å². The number of ether oxygens (including phenoxy) is 1. The van der Waals surface area contributed by atoms with E-state index in [-0.39, 0.29) is 48.5 Å². The van der Waals surface area contributed by atoms with Gasteiger partial charge in [-0.3, -0.25) is 19.3 Å². The van der Waals surface area contributed by atoms with Crippen molar-refractivity contribution in [2.24, 2.45) is 35.5 Å². The van der Waals surface area contributed by atoms with Crippen LogP contribution in [-0.4, -0.2) is 29.2 Å². The largest absolute Gasteiger partial charge is 0.426 e. The second-order valence-electron chi connectivity index (χ2n) is 8.53. The summed E-state index contributed by atoms with van der Waals surface area (Å²) in [5, 5.41) is 0. The van der Waals surface area contributed by atoms with Crippen molar-refractivity contribution in [1.29, 1.82) is 0 Å². The Labute approximate surface area is 158 Å². The summed E-state index contributed by atoms with van der Waals surface area (Å²) in [6.07, 6.45) is 5.49. The molecule has 0 unspecified atom stereocenters. The molecule has 1 aromatic carbocycles. The zero-order chi connectivity index (χ0) is 18.9. The third kappa shape index (κ3) is 2.55. The van der Waals surface area contributed by atoms with Crippen molar-refractivity contribution < 1.29 is 19.1 Å². The summed E-state index contributed by atoms with van der Waals surface area (Å²) in [5.41, 5.74) is 2.04. The number of amides is 2. The zero-order valence-corrected chi connectivity index (χ0v) is 15.6. The molecule has 27 heavy (non-hydrogen) atoms. The lowest BCUT2D eigenvalue weighted by atomic mass is 9.63. The van der Waals surface area contributed by atoms with E-state index in [0.29, 0.717) is 17.6 Å². The Morgan fingerprint density at radius 3 is 2.11 bits per heavy atom. The average Bonchev–Trinajstić information content (AvgIpc) is 3.38. The van der Waals surface area contributed by atoms with Gasteiger partial charge in [-0.05, 0) is 67.2 Å². The Balaban J connectivity index is 1.25. The molecule has 1 heterocycles. The number of carbonyl (C=O) groups excluding carboxylic acids is 3. The molecular weight excluding hydrogens is 342 g/mol. The van der Waals surface area contributed by atoms with Crippen LogP contribution in [0.2, 0.25) is 0 Å². The maximum atomic E-state index is 12.9. The van der Waals surface area contributed by atoms with Crippen LogP contribution in [0, 0.1) is 49.4 Å². The molecule has 5 heteroatoms. The first-order valence-corrected chi connectivity index (χ1v) is 9.76. The number of hydrogen-bond donors (Lipinski definition) is 0. The molecule has 2 bridgehead atoms. The van der Waals surface area contributed by atoms with E-state index in [0.717, 1.165) is 17.5 Å². The van der Waals surface area contributed by atoms with Gasteiger partial charge in [0.1, 0.15) is 5.75 Å². The van der Waals surface area contributed by atoms with E-state index in [1.807, 2.05) is 19.9 Å². The molecule has 1 aromatic rings. The molecule has 0 aromatic heterocycles. The molecule has 5 nitrogen and oxygen atoms in total. The van der Waals surface area contributed by atoms with Crippen molar-refractivity contribution in [1.82, 2.24) is 4.90 Å². The predicted octanol–water partition coefficient (Wildman–Crippen LogP) is 2.65. The highest BCUT2D eigenvalue weighted by Crippen LogP contribution is 2.65. The van der Waals surface area contributed by atoms with Gasteiger partial charge >= 0.3 is 5.97 Å². The van der Waals surface area contributed by atoms with Gasteiger partial charge in [0.05, 0.1) is 18.3 Å². The summed E-state index contributed by atoms with van der Waals surface area (Å²) in [6, 6.07) is 5.62. The lowest BCUT2D eigenvalue weighted by Crippen LogP contribution is -2.40. The molecular formula is C22H23NO4. The van der Waals surface area contributed by atoms with E-state index in [9.17, 15) is 14.4 Å². The third-order valence-electron chi connectivity index (χ3n) is 6.72. The van der Waals surface area contributed by atoms with Crippen molar-refractivity contribution in [2.45, 2.75) is 26.7 Å². The summed E-state index contributed by atoms with van der Waals surface area (Å²) >= 11 is 0. The second kappa shape index (κ2) is 5.78. The Hall–Kier alpha value is -2.43. The topological polar surface area (TPSA) is 63.7 Å². The van der Waals surface area contributed by atoms with Gasteiger partial charge < -0.3 is 4.74 Å². The van der Waals surface area contributed by atoms with Gasteiger partial charge in [0.25, 0.3) is 0 Å². The maximum Gasteiger partial charge on any atom is 0.312 e. The fourth-order valence-corrected chi connectivity index (χ4v) is 5.62. The number of esters is 1. The number of allylic oxidation sites excluding steroid dienone is 2. The quantitative estimate of drug-likeness (QED) is 0.356. The minimum atomic E-state index is -0.417. The molecule has 6 atom stereocenters. The predicted molar refractivity (Wildman–Crippen MR) is 97.6 cm³/mol. The first-order chi connectivity index (χ1) is 12.9. The summed E-state index contributed by atoms with van der Waals surface area (Å²) in [4.78, 5) is 39.3. The molecule has 3 fully saturated rings. The third-order valence-corrected chi connectivity index (χ3v) is 6.72. The molecule has 0 spiro atoms. The molecule has 1 saturated heterocycles. The fourth-order valence-electron chi connectivity index (χ4n) is 5.62. The number of hydrogen-bond acceptors (Lipinski definition) is 4. The van der Waals surface area contributed by atoms with Gasteiger partial charge in [0, 0.05) is 6.54 Å². The van der Waals surface area contributed by atoms with Gasteiger partial charge in [-0.2, -0.15) is 0 Å². The van der Waals surface area contributed by atoms with Gasteiger partial charge in [-0.15, -0.1) is 0 Å². The zero-order valence-electron chi connectivity index (χ0n) is 15.6. The van der Waals surface area contributed by atoms with Gasteiger partial charge in [0.2, 0.25) is 11.8 Å². The van der Waals surface area contributed by atoms with Crippen LogP contribution in [-0.2, 0) is 14.4 Å². The van der Waals surface area contributed by atoms with Crippen LogP contribution in [0.1, 0.15) is 24.0 Å². The molecule has 4 aliphatic carbocycles. The lowest BCUT2D eigenvalue weighted by molar-refractivity contribution is -0.141. The van der Waals surface area contributed by atoms with Crippen LogP contribution in [0.5, 0.6) is 5.75 Å². The Bertz CT molecular complexity index is 832. The highest BCUT2D eigenvalue weighted by Gasteiger charge is 2.66. The fraction of sp³-hybridized carbons (Fsp3) is 0.500. The SMILES string of the molecule is Cc1cc(C)cc(OC(=O)CCN2C(=O)[C@@H]3[C@H]4C=C[C@@H]([C@@H]5C[C@H]45)[C@@H]3C2=O)c1. The van der Waals surface area contributed by atoms with Crippen molar-refractivity contribution in [3.05, 3.63) is 41.5 Å². The molecule has 140 valence electrons. The van der Waals surface area contributed by atoms with E-state index >= 15 is 0 Å². The van der Waals surface area contributed by atoms with Crippen LogP contribution < -0.4 is 4.74 Å². The van der Waals surface area contributed by atoms with Crippen LogP contribution in [0.4, 0.5) is 0 Å². The summed E-state index contributed by atoms with van der Waals surface area (Å²) in [5.74, 6) is 1.12. The molecule has 1 aliphatic heterocycles. The number of imide groups is 1. The molecule has 6 rings (SSSR count). The van der Waals surface area contributed by atoms with Crippen molar-refractivity contribution in [3.8, 4) is 5.75 Å². The minimum Gasteiger partial charge on any atom is -0.426 e. The smallest absolute Gasteiger partial charge is 0.312 e. The second-order valence-corrected chi connectivity index (χ2v) is 8.53. The summed E-state index contributed by atoms with van der Waals surface area (Å²) < 4.78 is 5.40. The van der Waals surface area contributed by atoms with Gasteiger partial charge in [-0.1, -0.05) is 18.2 Å². The van der Waals surface area contributed by atoms with E-state index in [4.69, 9.17) is 4.74 Å². The minimum absolute atomic E-state index is 0.0273. The summed E-state index contributed by atoms with van der Waals surface area (Å²) in [7, 11) is 0. The van der Waals surface area contributed by atoms with Crippen LogP contribution in [0.3, 0.4) is 0 Å². The average molecular weight is 365 g/mol. The number of likely N-dealkylation sites (tertiary alicyclic amines) is 1. The van der Waals surface area contributed by atoms with Crippen LogP contribution in [0.15, 0.2) is 30.4 Å². The Kier molecular flexibility index (Phi) is 3.58. The van der Waals surface area contributed by atoms with Gasteiger partial charge in [-0.25, -0.2) is 0 Å². The molecule has 0 N–H and O–H groups in total. The number of aryl methyl sites for hydroxylation is 2. The van der Waals surface area contributed by atoms with Crippen molar-refractivity contribution in [2.75, 3.05) is 6.54 Å². The molecule has 2 amide bonds. The number of rotatable bonds is 4. The van der Waals surface area contributed by atoms with E-state index < -0.39 is 5.97 Å². The molecule has 2 saturated carbocycles. The first-order valence-electron chi connectivity index (χ1n) is 9.76. The highest BCUT2D eigenvalue weighted by molar-refractivity contribution is 6.06. The molecule has 5 aliphatic rings. The molecule has 0 radical (unpaired) electrons. The van der Waals surface area contributed by atoms with E-state index in [1.165, 1.54) is 4.90 Å². The standard InChI is InChI=1S/C22H23NO4/c1-11-7-12(2)9-13(8-11)27-18(24)5-6-23-21(25)19-14-3-4-15(17-10-16(14)17)20(19)22(23)26/h3-4,7-9,14-17,19-20H,5-6,10H2,1-2H3/t14-,15-,16-,17+,19-,20+/m0/s1. The van der Waals surface area contributed by atoms with E-state index in [1.54, 1.807) is 12.1 Å². The highest BCUT2D eigenvalue weighted by atomic mass is 16.5. The van der Waals surface area contributed by atoms with Crippen LogP contribution in [0.25, 0.3) is 0 Å². The number of carbonyl (C=O) groups is 3. The number of nitrogens with zero attached hydrogens (tertiary/aromatic N) is 1. The summed E-state index contributed by atoms with van der Waals surface area (Å²) in [6.45, 7) is 4.00.